The third-order valence-corrected chi connectivity index (χ3v) is 4.69. The first-order valence-electron chi connectivity index (χ1n) is 6.90. The quantitative estimate of drug-likeness (QED) is 0.833. The number of sulfonamides is 1. The maximum Gasteiger partial charge on any atom is 0.307 e. The average molecular weight is 353 g/mol. The van der Waals surface area contributed by atoms with Gasteiger partial charge in [0, 0.05) is 0 Å². The lowest BCUT2D eigenvalue weighted by Crippen LogP contribution is -2.15. The van der Waals surface area contributed by atoms with E-state index in [0.29, 0.717) is 11.1 Å². The number of carboxylic acid groups (broad SMARTS) is 1. The fourth-order valence-electron chi connectivity index (χ4n) is 2.16. The van der Waals surface area contributed by atoms with E-state index in [2.05, 4.69) is 4.72 Å². The van der Waals surface area contributed by atoms with Crippen LogP contribution < -0.4 is 9.46 Å². The Hall–Kier alpha value is -2.61. The van der Waals surface area contributed by atoms with Crippen molar-refractivity contribution in [2.24, 2.45) is 0 Å². The van der Waals surface area contributed by atoms with Crippen LogP contribution in [0.25, 0.3) is 0 Å². The molecule has 0 aliphatic heterocycles. The maximum absolute atomic E-state index is 13.1. The number of halogens is 1. The van der Waals surface area contributed by atoms with E-state index in [1.807, 2.05) is 0 Å². The number of carboxylic acids is 1. The van der Waals surface area contributed by atoms with E-state index in [4.69, 9.17) is 9.84 Å². The Morgan fingerprint density at radius 3 is 2.54 bits per heavy atom. The monoisotopic (exact) mass is 353 g/mol. The number of hydrogen-bond acceptors (Lipinski definition) is 4. The number of nitrogens with one attached hydrogen (secondary N) is 1. The molecule has 2 aromatic rings. The molecule has 0 saturated carbocycles. The van der Waals surface area contributed by atoms with Crippen molar-refractivity contribution in [2.75, 3.05) is 11.8 Å². The average Bonchev–Trinajstić information content (AvgIpc) is 2.49. The minimum Gasteiger partial charge on any atom is -0.495 e. The lowest BCUT2D eigenvalue weighted by molar-refractivity contribution is -0.136. The first-order valence-corrected chi connectivity index (χ1v) is 8.39. The minimum atomic E-state index is -4.04. The number of ether oxygens (including phenoxy) is 1. The second kappa shape index (κ2) is 6.88. The number of carbonyl (C=O) groups is 1. The fraction of sp³-hybridized carbons (Fsp3) is 0.188. The summed E-state index contributed by atoms with van der Waals surface area (Å²) in [6.07, 6.45) is -0.317. The van der Waals surface area contributed by atoms with E-state index in [1.165, 1.54) is 37.4 Å². The summed E-state index contributed by atoms with van der Waals surface area (Å²) in [7, 11) is -2.73. The van der Waals surface area contributed by atoms with E-state index < -0.39 is 21.8 Å². The molecule has 0 spiro atoms. The van der Waals surface area contributed by atoms with Gasteiger partial charge in [0.25, 0.3) is 10.0 Å². The van der Waals surface area contributed by atoms with Crippen LogP contribution in [0.15, 0.2) is 41.3 Å². The molecule has 0 radical (unpaired) electrons. The zero-order valence-corrected chi connectivity index (χ0v) is 13.9. The van der Waals surface area contributed by atoms with E-state index in [1.54, 1.807) is 6.92 Å². The Bertz CT molecular complexity index is 880. The van der Waals surface area contributed by atoms with Gasteiger partial charge in [0.15, 0.2) is 0 Å². The highest BCUT2D eigenvalue weighted by Gasteiger charge is 2.21. The van der Waals surface area contributed by atoms with Gasteiger partial charge in [-0.1, -0.05) is 6.07 Å². The van der Waals surface area contributed by atoms with Crippen LogP contribution in [0.4, 0.5) is 10.1 Å². The van der Waals surface area contributed by atoms with Crippen LogP contribution >= 0.6 is 0 Å². The molecule has 0 bridgehead atoms. The summed E-state index contributed by atoms with van der Waals surface area (Å²) in [6, 6.07) is 7.78. The normalized spacial score (nSPS) is 11.1. The molecular formula is C16H16FNO5S. The first kappa shape index (κ1) is 17.7. The van der Waals surface area contributed by atoms with Crippen molar-refractivity contribution < 1.29 is 27.4 Å². The molecule has 0 saturated heterocycles. The van der Waals surface area contributed by atoms with Crippen LogP contribution in [-0.2, 0) is 21.2 Å². The van der Waals surface area contributed by atoms with Crippen LogP contribution in [0, 0.1) is 12.7 Å². The molecule has 8 heteroatoms. The van der Waals surface area contributed by atoms with Crippen LogP contribution in [0.5, 0.6) is 5.75 Å². The van der Waals surface area contributed by atoms with Crippen molar-refractivity contribution in [1.29, 1.82) is 0 Å². The number of rotatable bonds is 6. The Morgan fingerprint density at radius 2 is 1.96 bits per heavy atom. The van der Waals surface area contributed by atoms with E-state index in [-0.39, 0.29) is 22.8 Å². The molecule has 0 aliphatic carbocycles. The highest BCUT2D eigenvalue weighted by atomic mass is 32.2. The molecule has 0 aromatic heterocycles. The molecule has 0 aliphatic rings. The van der Waals surface area contributed by atoms with Gasteiger partial charge in [-0.3, -0.25) is 9.52 Å². The summed E-state index contributed by atoms with van der Waals surface area (Å²) < 4.78 is 45.8. The van der Waals surface area contributed by atoms with Crippen molar-refractivity contribution in [3.8, 4) is 5.75 Å². The molecule has 128 valence electrons. The van der Waals surface area contributed by atoms with Crippen molar-refractivity contribution in [3.05, 3.63) is 53.3 Å². The molecule has 2 N–H and O–H groups in total. The third-order valence-electron chi connectivity index (χ3n) is 3.31. The molecule has 0 heterocycles. The fourth-order valence-corrected chi connectivity index (χ4v) is 3.51. The van der Waals surface area contributed by atoms with Crippen LogP contribution in [0.1, 0.15) is 11.1 Å². The SMILES string of the molecule is COc1ccc(CC(=O)O)cc1S(=O)(=O)Nc1ccc(F)cc1C. The highest BCUT2D eigenvalue weighted by molar-refractivity contribution is 7.92. The topological polar surface area (TPSA) is 92.7 Å². The standard InChI is InChI=1S/C16H16FNO5S/c1-10-7-12(17)4-5-13(10)18-24(21,22)15-8-11(9-16(19)20)3-6-14(15)23-2/h3-8,18H,9H2,1-2H3,(H,19,20). The largest absolute Gasteiger partial charge is 0.495 e. The molecule has 2 rings (SSSR count). The third kappa shape index (κ3) is 4.02. The van der Waals surface area contributed by atoms with Gasteiger partial charge in [0.05, 0.1) is 19.2 Å². The van der Waals surface area contributed by atoms with E-state index in [9.17, 15) is 17.6 Å². The molecule has 0 unspecified atom stereocenters. The molecule has 6 nitrogen and oxygen atoms in total. The Balaban J connectivity index is 2.45. The Morgan fingerprint density at radius 1 is 1.25 bits per heavy atom. The highest BCUT2D eigenvalue weighted by Crippen LogP contribution is 2.28. The number of methoxy groups -OCH3 is 1. The van der Waals surface area contributed by atoms with Crippen LogP contribution in [0.2, 0.25) is 0 Å². The first-order chi connectivity index (χ1) is 11.2. The van der Waals surface area contributed by atoms with Crippen molar-refractivity contribution in [3.63, 3.8) is 0 Å². The van der Waals surface area contributed by atoms with Crippen LogP contribution in [-0.4, -0.2) is 26.6 Å². The van der Waals surface area contributed by atoms with Crippen LogP contribution in [0.3, 0.4) is 0 Å². The second-order valence-corrected chi connectivity index (χ2v) is 6.77. The summed E-state index contributed by atoms with van der Waals surface area (Å²) in [5.74, 6) is -1.47. The molecule has 0 atom stereocenters. The number of anilines is 1. The van der Waals surface area contributed by atoms with Gasteiger partial charge < -0.3 is 9.84 Å². The number of aliphatic carboxylic acids is 1. The summed E-state index contributed by atoms with van der Waals surface area (Å²) in [4.78, 5) is 10.6. The lowest BCUT2D eigenvalue weighted by Gasteiger charge is -2.14. The summed E-state index contributed by atoms with van der Waals surface area (Å²) in [5, 5.41) is 8.85. The molecule has 2 aromatic carbocycles. The van der Waals surface area contributed by atoms with Gasteiger partial charge in [-0.05, 0) is 48.4 Å². The summed E-state index contributed by atoms with van der Waals surface area (Å²) in [5.41, 5.74) is 0.959. The van der Waals surface area contributed by atoms with Crippen molar-refractivity contribution in [2.45, 2.75) is 18.2 Å². The zero-order chi connectivity index (χ0) is 17.9. The van der Waals surface area contributed by atoms with Crippen molar-refractivity contribution in [1.82, 2.24) is 0 Å². The van der Waals surface area contributed by atoms with Crippen molar-refractivity contribution >= 4 is 21.7 Å². The summed E-state index contributed by atoms with van der Waals surface area (Å²) >= 11 is 0. The Kier molecular flexibility index (Phi) is 5.08. The van der Waals surface area contributed by atoms with E-state index in [0.717, 1.165) is 6.07 Å². The summed E-state index contributed by atoms with van der Waals surface area (Å²) in [6.45, 7) is 1.57. The second-order valence-electron chi connectivity index (χ2n) is 5.12. The van der Waals surface area contributed by atoms with Gasteiger partial charge in [0.1, 0.15) is 16.5 Å². The van der Waals surface area contributed by atoms with E-state index >= 15 is 0 Å². The van der Waals surface area contributed by atoms with Gasteiger partial charge in [0.2, 0.25) is 0 Å². The number of aryl methyl sites for hydroxylation is 1. The van der Waals surface area contributed by atoms with Gasteiger partial charge in [-0.15, -0.1) is 0 Å². The van der Waals surface area contributed by atoms with Gasteiger partial charge in [-0.2, -0.15) is 0 Å². The maximum atomic E-state index is 13.1. The van der Waals surface area contributed by atoms with Gasteiger partial charge >= 0.3 is 5.97 Å². The van der Waals surface area contributed by atoms with Gasteiger partial charge in [-0.25, -0.2) is 12.8 Å². The molecule has 24 heavy (non-hydrogen) atoms. The smallest absolute Gasteiger partial charge is 0.307 e. The molecular weight excluding hydrogens is 337 g/mol. The molecule has 0 amide bonds. The zero-order valence-electron chi connectivity index (χ0n) is 13.0. The number of benzene rings is 2. The minimum absolute atomic E-state index is 0.0800. The predicted molar refractivity (Wildman–Crippen MR) is 86.3 cm³/mol. The lowest BCUT2D eigenvalue weighted by atomic mass is 10.1. The number of hydrogen-bond donors (Lipinski definition) is 2. The molecule has 0 fully saturated rings. The predicted octanol–water partition coefficient (Wildman–Crippen LogP) is 2.57. The Labute approximate surface area is 138 Å².